The zero-order valence-electron chi connectivity index (χ0n) is 26.5. The van der Waals surface area contributed by atoms with Crippen molar-refractivity contribution in [3.8, 4) is 5.75 Å². The number of halogens is 9. The summed E-state index contributed by atoms with van der Waals surface area (Å²) in [5.41, 5.74) is -0.0229. The topological polar surface area (TPSA) is 128 Å². The van der Waals surface area contributed by atoms with Gasteiger partial charge in [0.2, 0.25) is 0 Å². The van der Waals surface area contributed by atoms with E-state index in [0.717, 1.165) is 29.3 Å². The summed E-state index contributed by atoms with van der Waals surface area (Å²) in [6.07, 6.45) is -16.3. The van der Waals surface area contributed by atoms with E-state index in [0.29, 0.717) is 12.1 Å². The van der Waals surface area contributed by atoms with Gasteiger partial charge in [-0.05, 0) is 73.7 Å². The number of carboxylic acids is 1. The van der Waals surface area contributed by atoms with Gasteiger partial charge in [0.1, 0.15) is 11.5 Å². The Morgan fingerprint density at radius 1 is 0.960 bits per heavy atom. The lowest BCUT2D eigenvalue weighted by atomic mass is 9.80. The number of aliphatic carboxylic acids is 1. The van der Waals surface area contributed by atoms with Crippen molar-refractivity contribution in [1.82, 2.24) is 9.97 Å². The predicted octanol–water partition coefficient (Wildman–Crippen LogP) is 7.93. The summed E-state index contributed by atoms with van der Waals surface area (Å²) in [4.78, 5) is 33.7. The number of fused-ring (bicyclic) bond motifs is 1. The highest BCUT2D eigenvalue weighted by Crippen LogP contribution is 2.47. The zero-order valence-corrected chi connectivity index (χ0v) is 26.5. The number of nitrogens with two attached hydrogens (primary N) is 1. The molecule has 2 heterocycles. The Balaban J connectivity index is 1.91. The summed E-state index contributed by atoms with van der Waals surface area (Å²) in [5, 5.41) is 8.94. The van der Waals surface area contributed by atoms with Gasteiger partial charge >= 0.3 is 30.6 Å². The Morgan fingerprint density at radius 3 is 2.12 bits per heavy atom. The van der Waals surface area contributed by atoms with E-state index >= 15 is 0 Å². The first kappa shape index (κ1) is 38.2. The number of amides is 1. The van der Waals surface area contributed by atoms with Gasteiger partial charge in [0.25, 0.3) is 0 Å². The molecule has 50 heavy (non-hydrogen) atoms. The van der Waals surface area contributed by atoms with Gasteiger partial charge in [-0.3, -0.25) is 9.69 Å². The molecule has 0 unspecified atom stereocenters. The number of carbonyl (C=O) groups is 2. The minimum Gasteiger partial charge on any atom is -0.490 e. The predicted molar refractivity (Wildman–Crippen MR) is 158 cm³/mol. The van der Waals surface area contributed by atoms with Crippen LogP contribution in [0.15, 0.2) is 42.6 Å². The van der Waals surface area contributed by atoms with Crippen LogP contribution in [0.2, 0.25) is 0 Å². The number of ether oxygens (including phenoxy) is 2. The molecule has 3 aromatic rings. The van der Waals surface area contributed by atoms with Crippen LogP contribution in [-0.2, 0) is 34.5 Å². The van der Waals surface area contributed by atoms with Crippen LogP contribution < -0.4 is 15.4 Å². The van der Waals surface area contributed by atoms with Crippen molar-refractivity contribution >= 4 is 17.7 Å². The summed E-state index contributed by atoms with van der Waals surface area (Å²) < 4.78 is 134. The third-order valence-electron chi connectivity index (χ3n) is 8.01. The highest BCUT2D eigenvalue weighted by Gasteiger charge is 2.47. The van der Waals surface area contributed by atoms with Gasteiger partial charge in [0.15, 0.2) is 5.75 Å². The highest BCUT2D eigenvalue weighted by molar-refractivity contribution is 5.91. The number of carboxylic acid groups (broad SMARTS) is 1. The molecule has 0 fully saturated rings. The third kappa shape index (κ3) is 8.57. The first-order valence-corrected chi connectivity index (χ1v) is 15.1. The van der Waals surface area contributed by atoms with Gasteiger partial charge < -0.3 is 20.3 Å². The fraction of sp³-hybridized carbons (Fsp3) is 0.438. The molecule has 1 aliphatic rings. The first-order chi connectivity index (χ1) is 23.2. The number of aromatic nitrogens is 2. The van der Waals surface area contributed by atoms with Crippen molar-refractivity contribution in [3.63, 3.8) is 0 Å². The van der Waals surface area contributed by atoms with E-state index in [9.17, 15) is 49.1 Å². The van der Waals surface area contributed by atoms with E-state index in [1.807, 2.05) is 0 Å². The number of hydrogen-bond donors (Lipinski definition) is 2. The van der Waals surface area contributed by atoms with Crippen LogP contribution in [0, 0.1) is 0 Å². The standard InChI is InChI=1S/C32H31F9N4O5/c1-3-29(42)15-22(21-14-18(30(33,34)35)7-8-24(21)45(29)28(48)49-4-2)27-43-16-25(50-9-5-6-26(46)47)23(44-27)12-17-10-19(31(36,37)38)13-20(11-17)32(39,40)41/h7-8,10-11,13-14,16,22H,3-6,9,12,15,42H2,1-2H3,(H,46,47)/t22-,29+/m0/s1. The average Bonchev–Trinajstić information content (AvgIpc) is 3.01. The Kier molecular flexibility index (Phi) is 10.9. The van der Waals surface area contributed by atoms with E-state index in [2.05, 4.69) is 9.97 Å². The quantitative estimate of drug-likeness (QED) is 0.160. The van der Waals surface area contributed by atoms with E-state index in [4.69, 9.17) is 20.3 Å². The lowest BCUT2D eigenvalue weighted by molar-refractivity contribution is -0.143. The highest BCUT2D eigenvalue weighted by atomic mass is 19.4. The molecular formula is C32H31F9N4O5. The van der Waals surface area contributed by atoms with E-state index < -0.39 is 70.8 Å². The van der Waals surface area contributed by atoms with Gasteiger partial charge in [-0.25, -0.2) is 14.8 Å². The van der Waals surface area contributed by atoms with Crippen molar-refractivity contribution in [1.29, 1.82) is 0 Å². The monoisotopic (exact) mass is 722 g/mol. The van der Waals surface area contributed by atoms with Crippen LogP contribution in [0.25, 0.3) is 0 Å². The Labute approximate surface area is 279 Å². The molecular weight excluding hydrogens is 691 g/mol. The fourth-order valence-electron chi connectivity index (χ4n) is 5.57. The van der Waals surface area contributed by atoms with Crippen molar-refractivity contribution in [2.45, 2.75) is 76.1 Å². The van der Waals surface area contributed by atoms with Crippen molar-refractivity contribution in [3.05, 3.63) is 81.9 Å². The molecule has 18 heteroatoms. The Hall–Kier alpha value is -4.61. The second kappa shape index (κ2) is 14.3. The molecule has 1 aliphatic heterocycles. The van der Waals surface area contributed by atoms with E-state index in [-0.39, 0.29) is 73.5 Å². The summed E-state index contributed by atoms with van der Waals surface area (Å²) in [6, 6.07) is 3.52. The van der Waals surface area contributed by atoms with E-state index in [1.165, 1.54) is 6.92 Å². The molecule has 9 nitrogen and oxygen atoms in total. The maximum absolute atomic E-state index is 13.9. The molecule has 0 saturated carbocycles. The number of benzene rings is 2. The normalized spacial score (nSPS) is 18.1. The Morgan fingerprint density at radius 2 is 1.58 bits per heavy atom. The molecule has 0 aliphatic carbocycles. The number of hydrogen-bond acceptors (Lipinski definition) is 7. The van der Waals surface area contributed by atoms with Crippen molar-refractivity contribution in [2.75, 3.05) is 18.1 Å². The number of carbonyl (C=O) groups excluding carboxylic acids is 1. The summed E-state index contributed by atoms with van der Waals surface area (Å²) in [7, 11) is 0. The molecule has 0 spiro atoms. The molecule has 4 rings (SSSR count). The minimum absolute atomic E-state index is 0.0373. The van der Waals surface area contributed by atoms with Crippen molar-refractivity contribution in [2.24, 2.45) is 5.73 Å². The molecule has 0 radical (unpaired) electrons. The number of anilines is 1. The van der Waals surface area contributed by atoms with E-state index in [1.54, 1.807) is 6.92 Å². The molecule has 2 aromatic carbocycles. The maximum atomic E-state index is 13.9. The smallest absolute Gasteiger partial charge is 0.416 e. The van der Waals surface area contributed by atoms with Gasteiger partial charge in [-0.15, -0.1) is 0 Å². The fourth-order valence-corrected chi connectivity index (χ4v) is 5.57. The molecule has 0 bridgehead atoms. The number of alkyl halides is 9. The Bertz CT molecular complexity index is 1700. The first-order valence-electron chi connectivity index (χ1n) is 15.1. The van der Waals surface area contributed by atoms with Gasteiger partial charge in [0, 0.05) is 18.8 Å². The molecule has 1 aromatic heterocycles. The average molecular weight is 723 g/mol. The SMILES string of the molecule is CCOC(=O)N1c2ccc(C(F)(F)F)cc2[C@@H](c2ncc(OCCCC(=O)O)c(Cc3cc(C(F)(F)F)cc(C(F)(F)F)c3)n2)C[C@@]1(N)CC. The van der Waals surface area contributed by atoms with Crippen LogP contribution >= 0.6 is 0 Å². The second-order valence-electron chi connectivity index (χ2n) is 11.5. The van der Waals surface area contributed by atoms with Crippen LogP contribution in [0.1, 0.15) is 84.8 Å². The van der Waals surface area contributed by atoms with Crippen molar-refractivity contribution < 1.29 is 63.7 Å². The van der Waals surface area contributed by atoms with Gasteiger partial charge in [-0.2, -0.15) is 39.5 Å². The zero-order chi connectivity index (χ0) is 37.2. The lowest BCUT2D eigenvalue weighted by Crippen LogP contribution is -2.61. The maximum Gasteiger partial charge on any atom is 0.416 e. The van der Waals surface area contributed by atoms with Crippen LogP contribution in [0.3, 0.4) is 0 Å². The largest absolute Gasteiger partial charge is 0.490 e. The summed E-state index contributed by atoms with van der Waals surface area (Å²) in [6.45, 7) is 2.80. The van der Waals surface area contributed by atoms with Crippen LogP contribution in [0.4, 0.5) is 50.0 Å². The molecule has 272 valence electrons. The van der Waals surface area contributed by atoms with Crippen LogP contribution in [0.5, 0.6) is 5.75 Å². The third-order valence-corrected chi connectivity index (χ3v) is 8.01. The van der Waals surface area contributed by atoms with Gasteiger partial charge in [-0.1, -0.05) is 6.92 Å². The number of nitrogens with zero attached hydrogens (tertiary/aromatic N) is 3. The molecule has 1 amide bonds. The second-order valence-corrected chi connectivity index (χ2v) is 11.5. The minimum atomic E-state index is -5.15. The molecule has 0 saturated heterocycles. The summed E-state index contributed by atoms with van der Waals surface area (Å²) in [5.74, 6) is -2.76. The summed E-state index contributed by atoms with van der Waals surface area (Å²) >= 11 is 0. The van der Waals surface area contributed by atoms with Crippen LogP contribution in [-0.4, -0.2) is 46.0 Å². The molecule has 3 N–H and O–H groups in total. The van der Waals surface area contributed by atoms with Gasteiger partial charge in [0.05, 0.1) is 47.5 Å². The lowest BCUT2D eigenvalue weighted by Gasteiger charge is -2.46. The molecule has 2 atom stereocenters. The number of rotatable bonds is 10.